The molecule has 0 aliphatic carbocycles. The summed E-state index contributed by atoms with van der Waals surface area (Å²) in [6.45, 7) is 14.2. The van der Waals surface area contributed by atoms with Gasteiger partial charge in [0, 0.05) is 5.41 Å². The highest BCUT2D eigenvalue weighted by atomic mass is 32.2. The van der Waals surface area contributed by atoms with Gasteiger partial charge >= 0.3 is 6.16 Å². The van der Waals surface area contributed by atoms with Crippen molar-refractivity contribution in [2.45, 2.75) is 71.6 Å². The van der Waals surface area contributed by atoms with Crippen LogP contribution in [0.15, 0.2) is 70.7 Å². The van der Waals surface area contributed by atoms with Crippen molar-refractivity contribution in [2.24, 2.45) is 11.3 Å². The van der Waals surface area contributed by atoms with E-state index in [-0.39, 0.29) is 17.3 Å². The third kappa shape index (κ3) is 10.9. The van der Waals surface area contributed by atoms with Crippen LogP contribution in [0.5, 0.6) is 0 Å². The molecule has 0 N–H and O–H groups in total. The van der Waals surface area contributed by atoms with Crippen LogP contribution in [0, 0.1) is 11.3 Å². The summed E-state index contributed by atoms with van der Waals surface area (Å²) in [5.41, 5.74) is 2.27. The van der Waals surface area contributed by atoms with Gasteiger partial charge in [-0.25, -0.2) is 13.2 Å². The molecule has 0 fully saturated rings. The number of rotatable bonds is 15. The first-order chi connectivity index (χ1) is 16.8. The molecule has 0 bridgehead atoms. The molecular formula is C29H42O6S. The number of ether oxygens (including phenoxy) is 2. The second-order valence-corrected chi connectivity index (χ2v) is 11.9. The number of methoxy groups -OCH3 is 1. The number of hydrogen-bond acceptors (Lipinski definition) is 6. The van der Waals surface area contributed by atoms with Crippen LogP contribution < -0.4 is 0 Å². The van der Waals surface area contributed by atoms with Gasteiger partial charge < -0.3 is 9.47 Å². The molecule has 7 heteroatoms. The molecule has 0 heterocycles. The van der Waals surface area contributed by atoms with Crippen LogP contribution in [0.1, 0.15) is 66.7 Å². The number of ketones is 1. The van der Waals surface area contributed by atoms with E-state index >= 15 is 0 Å². The highest BCUT2D eigenvalue weighted by molar-refractivity contribution is 7.92. The predicted molar refractivity (Wildman–Crippen MR) is 145 cm³/mol. The van der Waals surface area contributed by atoms with E-state index in [0.29, 0.717) is 25.2 Å². The van der Waals surface area contributed by atoms with Gasteiger partial charge in [-0.05, 0) is 69.6 Å². The smallest absolute Gasteiger partial charge is 0.438 e. The number of carbonyl (C=O) groups excluding carboxylic acids is 2. The first-order valence-electron chi connectivity index (χ1n) is 12.3. The van der Waals surface area contributed by atoms with Gasteiger partial charge in [0.1, 0.15) is 12.4 Å². The van der Waals surface area contributed by atoms with E-state index in [0.717, 1.165) is 29.6 Å². The lowest BCUT2D eigenvalue weighted by Gasteiger charge is -2.28. The van der Waals surface area contributed by atoms with Crippen molar-refractivity contribution in [1.29, 1.82) is 0 Å². The van der Waals surface area contributed by atoms with Crippen molar-refractivity contribution < 1.29 is 27.5 Å². The Morgan fingerprint density at radius 3 is 2.28 bits per heavy atom. The lowest BCUT2D eigenvalue weighted by atomic mass is 9.76. The normalized spacial score (nSPS) is 14.3. The minimum Gasteiger partial charge on any atom is -0.438 e. The SMILES string of the molecule is C=C(CCC(C)(C/C=C(\C)CC/C=C(\C)COC(=O)OC)C(=O)CS(=O)(=O)c1ccccc1)C(C)C. The summed E-state index contributed by atoms with van der Waals surface area (Å²) in [5, 5.41) is 0. The Morgan fingerprint density at radius 2 is 1.69 bits per heavy atom. The molecule has 0 radical (unpaired) electrons. The minimum absolute atomic E-state index is 0.164. The average Bonchev–Trinajstić information content (AvgIpc) is 2.84. The molecule has 0 aliphatic heterocycles. The molecule has 1 unspecified atom stereocenters. The molecule has 0 saturated heterocycles. The third-order valence-electron chi connectivity index (χ3n) is 6.43. The summed E-state index contributed by atoms with van der Waals surface area (Å²) >= 11 is 0. The van der Waals surface area contributed by atoms with Crippen molar-refractivity contribution in [2.75, 3.05) is 19.5 Å². The lowest BCUT2D eigenvalue weighted by molar-refractivity contribution is -0.125. The van der Waals surface area contributed by atoms with Crippen molar-refractivity contribution in [1.82, 2.24) is 0 Å². The average molecular weight is 519 g/mol. The molecule has 6 nitrogen and oxygen atoms in total. The van der Waals surface area contributed by atoms with E-state index in [1.165, 1.54) is 19.2 Å². The summed E-state index contributed by atoms with van der Waals surface area (Å²) < 4.78 is 35.2. The third-order valence-corrected chi connectivity index (χ3v) is 8.06. The molecule has 200 valence electrons. The zero-order valence-corrected chi connectivity index (χ0v) is 23.4. The van der Waals surface area contributed by atoms with Crippen LogP contribution in [0.4, 0.5) is 4.79 Å². The highest BCUT2D eigenvalue weighted by Gasteiger charge is 2.35. The molecule has 0 aliphatic rings. The van der Waals surface area contributed by atoms with Crippen molar-refractivity contribution in [3.05, 3.63) is 65.8 Å². The highest BCUT2D eigenvalue weighted by Crippen LogP contribution is 2.34. The zero-order chi connectivity index (χ0) is 27.4. The Labute approximate surface area is 217 Å². The minimum atomic E-state index is -3.72. The molecule has 0 amide bonds. The van der Waals surface area contributed by atoms with E-state index in [9.17, 15) is 18.0 Å². The number of Topliss-reactive ketones (excluding diaryl/α,β-unsaturated/α-hetero) is 1. The van der Waals surface area contributed by atoms with Crippen LogP contribution in [-0.2, 0) is 24.1 Å². The second-order valence-electron chi connectivity index (χ2n) is 9.96. The molecule has 1 aromatic carbocycles. The standard InChI is InChI=1S/C29H42O6S/c1-22(2)25(5)17-19-29(6,27(30)21-36(32,33)26-14-9-8-10-15-26)18-16-23(3)12-11-13-24(4)20-35-28(31)34-7/h8-10,13-16,22H,5,11-12,17-21H2,1-4,6-7H3/b23-16+,24-13+. The largest absolute Gasteiger partial charge is 0.508 e. The number of hydrogen-bond donors (Lipinski definition) is 0. The van der Waals surface area contributed by atoms with Crippen molar-refractivity contribution in [3.8, 4) is 0 Å². The molecule has 0 aromatic heterocycles. The molecule has 1 atom stereocenters. The van der Waals surface area contributed by atoms with Crippen LogP contribution >= 0.6 is 0 Å². The Hall–Kier alpha value is -2.67. The van der Waals surface area contributed by atoms with Gasteiger partial charge in [0.2, 0.25) is 0 Å². The molecule has 1 aromatic rings. The second kappa shape index (κ2) is 14.8. The topological polar surface area (TPSA) is 86.7 Å². The molecule has 1 rings (SSSR count). The molecule has 36 heavy (non-hydrogen) atoms. The van der Waals surface area contributed by atoms with E-state index in [2.05, 4.69) is 25.2 Å². The quantitative estimate of drug-likeness (QED) is 0.186. The van der Waals surface area contributed by atoms with E-state index in [1.807, 2.05) is 32.9 Å². The summed E-state index contributed by atoms with van der Waals surface area (Å²) in [6.07, 6.45) is 6.54. The first kappa shape index (κ1) is 31.4. The summed E-state index contributed by atoms with van der Waals surface area (Å²) in [7, 11) is -2.45. The van der Waals surface area contributed by atoms with Gasteiger partial charge in [0.15, 0.2) is 15.6 Å². The zero-order valence-electron chi connectivity index (χ0n) is 22.6. The number of allylic oxidation sites excluding steroid dienone is 4. The van der Waals surface area contributed by atoms with Gasteiger partial charge in [-0.1, -0.05) is 68.8 Å². The Balaban J connectivity index is 2.93. The molecule has 0 saturated carbocycles. The van der Waals surface area contributed by atoms with Gasteiger partial charge in [0.05, 0.1) is 12.0 Å². The number of benzene rings is 1. The maximum Gasteiger partial charge on any atom is 0.508 e. The van der Waals surface area contributed by atoms with Crippen LogP contribution in [-0.4, -0.2) is 39.8 Å². The summed E-state index contributed by atoms with van der Waals surface area (Å²) in [5.74, 6) is -0.494. The number of sulfone groups is 1. The van der Waals surface area contributed by atoms with Crippen molar-refractivity contribution in [3.63, 3.8) is 0 Å². The summed E-state index contributed by atoms with van der Waals surface area (Å²) in [6, 6.07) is 8.12. The molecule has 0 spiro atoms. The maximum atomic E-state index is 13.4. The Bertz CT molecular complexity index is 1050. The van der Waals surface area contributed by atoms with Crippen LogP contribution in [0.3, 0.4) is 0 Å². The maximum absolute atomic E-state index is 13.4. The van der Waals surface area contributed by atoms with Crippen LogP contribution in [0.2, 0.25) is 0 Å². The number of carbonyl (C=O) groups is 2. The first-order valence-corrected chi connectivity index (χ1v) is 14.0. The Kier molecular flexibility index (Phi) is 12.9. The Morgan fingerprint density at radius 1 is 1.06 bits per heavy atom. The van der Waals surface area contributed by atoms with E-state index < -0.39 is 27.2 Å². The van der Waals surface area contributed by atoms with Gasteiger partial charge in [-0.15, -0.1) is 0 Å². The van der Waals surface area contributed by atoms with Gasteiger partial charge in [-0.3, -0.25) is 4.79 Å². The monoisotopic (exact) mass is 518 g/mol. The van der Waals surface area contributed by atoms with E-state index in [1.54, 1.807) is 18.2 Å². The van der Waals surface area contributed by atoms with Gasteiger partial charge in [0.25, 0.3) is 0 Å². The fourth-order valence-electron chi connectivity index (χ4n) is 3.48. The summed E-state index contributed by atoms with van der Waals surface area (Å²) in [4.78, 5) is 24.6. The fourth-order valence-corrected chi connectivity index (χ4v) is 4.91. The predicted octanol–water partition coefficient (Wildman–Crippen LogP) is 6.87. The molecular weight excluding hydrogens is 476 g/mol. The fraction of sp³-hybridized carbons (Fsp3) is 0.517. The van der Waals surface area contributed by atoms with Gasteiger partial charge in [-0.2, -0.15) is 0 Å². The lowest BCUT2D eigenvalue weighted by Crippen LogP contribution is -2.33. The van der Waals surface area contributed by atoms with Crippen molar-refractivity contribution >= 4 is 21.8 Å². The van der Waals surface area contributed by atoms with Crippen LogP contribution in [0.25, 0.3) is 0 Å². The van der Waals surface area contributed by atoms with E-state index in [4.69, 9.17) is 4.74 Å².